The second-order valence-corrected chi connectivity index (χ2v) is 10.4. The second-order valence-electron chi connectivity index (χ2n) is 9.50. The molecular weight excluding hydrogens is 470 g/mol. The number of carbonyl (C=O) groups excluding carboxylic acids is 1. The van der Waals surface area contributed by atoms with E-state index in [4.69, 9.17) is 9.47 Å². The Hall–Kier alpha value is -1.31. The zero-order valence-corrected chi connectivity index (χ0v) is 21.6. The molecular formula is C25H40BrN3O3. The minimum absolute atomic E-state index is 0.158. The lowest BCUT2D eigenvalue weighted by atomic mass is 9.92. The van der Waals surface area contributed by atoms with Gasteiger partial charge in [-0.2, -0.15) is 0 Å². The van der Waals surface area contributed by atoms with Gasteiger partial charge in [-0.25, -0.2) is 4.79 Å². The smallest absolute Gasteiger partial charge is 0.319 e. The highest BCUT2D eigenvalue weighted by Crippen LogP contribution is 2.29. The third-order valence-corrected chi connectivity index (χ3v) is 7.58. The van der Waals surface area contributed by atoms with Crippen LogP contribution in [-0.4, -0.2) is 87.9 Å². The van der Waals surface area contributed by atoms with E-state index in [1.165, 1.54) is 48.9 Å². The summed E-state index contributed by atoms with van der Waals surface area (Å²) in [6, 6.07) is 6.45. The molecule has 180 valence electrons. The van der Waals surface area contributed by atoms with Crippen LogP contribution in [-0.2, 0) is 11.2 Å². The average molecular weight is 511 g/mol. The maximum atomic E-state index is 12.1. The number of benzene rings is 1. The van der Waals surface area contributed by atoms with E-state index in [-0.39, 0.29) is 6.03 Å². The first-order valence-electron chi connectivity index (χ1n) is 12.0. The monoisotopic (exact) mass is 509 g/mol. The third-order valence-electron chi connectivity index (χ3n) is 6.81. The van der Waals surface area contributed by atoms with Crippen LogP contribution >= 0.6 is 15.9 Å². The predicted molar refractivity (Wildman–Crippen MR) is 132 cm³/mol. The Balaban J connectivity index is 1.35. The van der Waals surface area contributed by atoms with Crippen molar-refractivity contribution in [2.24, 2.45) is 11.8 Å². The van der Waals surface area contributed by atoms with E-state index in [9.17, 15) is 4.79 Å². The van der Waals surface area contributed by atoms with Crippen molar-refractivity contribution in [3.05, 3.63) is 28.2 Å². The van der Waals surface area contributed by atoms with E-state index in [0.717, 1.165) is 44.0 Å². The molecule has 7 heteroatoms. The van der Waals surface area contributed by atoms with Gasteiger partial charge in [0.1, 0.15) is 12.4 Å². The Morgan fingerprint density at radius 3 is 2.59 bits per heavy atom. The molecule has 2 aliphatic rings. The fourth-order valence-corrected chi connectivity index (χ4v) is 5.34. The lowest BCUT2D eigenvalue weighted by molar-refractivity contribution is 0.144. The number of hydrogen-bond donors (Lipinski definition) is 0. The predicted octanol–water partition coefficient (Wildman–Crippen LogP) is 4.51. The van der Waals surface area contributed by atoms with E-state index in [1.54, 1.807) is 12.0 Å². The number of likely N-dealkylation sites (tertiary alicyclic amines) is 2. The van der Waals surface area contributed by atoms with Crippen molar-refractivity contribution in [3.63, 3.8) is 0 Å². The Labute approximate surface area is 202 Å². The first-order valence-corrected chi connectivity index (χ1v) is 12.8. The number of methoxy groups -OCH3 is 1. The van der Waals surface area contributed by atoms with Crippen molar-refractivity contribution >= 4 is 22.0 Å². The number of piperidine rings is 1. The van der Waals surface area contributed by atoms with Gasteiger partial charge in [-0.05, 0) is 87.2 Å². The molecule has 2 aliphatic heterocycles. The molecule has 0 spiro atoms. The van der Waals surface area contributed by atoms with Crippen LogP contribution in [0, 0.1) is 11.8 Å². The maximum Gasteiger partial charge on any atom is 0.319 e. The molecule has 0 radical (unpaired) electrons. The number of nitrogens with zero attached hydrogens (tertiary/aromatic N) is 3. The molecule has 32 heavy (non-hydrogen) atoms. The molecule has 2 heterocycles. The van der Waals surface area contributed by atoms with Crippen LogP contribution in [0.3, 0.4) is 0 Å². The van der Waals surface area contributed by atoms with E-state index in [1.807, 2.05) is 25.1 Å². The van der Waals surface area contributed by atoms with Crippen molar-refractivity contribution in [3.8, 4) is 5.75 Å². The molecule has 0 N–H and O–H groups in total. The molecule has 2 fully saturated rings. The summed E-state index contributed by atoms with van der Waals surface area (Å²) in [5, 5.41) is 0. The molecule has 1 aromatic rings. The van der Waals surface area contributed by atoms with Gasteiger partial charge in [-0.1, -0.05) is 15.9 Å². The number of amides is 2. The fraction of sp³-hybridized carbons (Fsp3) is 0.720. The van der Waals surface area contributed by atoms with Crippen LogP contribution in [0.1, 0.15) is 37.7 Å². The highest BCUT2D eigenvalue weighted by Gasteiger charge is 2.25. The number of hydrogen-bond acceptors (Lipinski definition) is 4. The number of carbonyl (C=O) groups is 1. The molecule has 1 atom stereocenters. The van der Waals surface area contributed by atoms with Gasteiger partial charge in [0.05, 0.1) is 6.61 Å². The largest absolute Gasteiger partial charge is 0.491 e. The standard InChI is InChI=1S/C25H40BrN3O3/c1-27(2)25(30)29-13-9-20(10-14-29)5-4-11-28-12-8-21(19-28)17-22-18-23(6-7-24(22)26)32-16-15-31-3/h6-7,18,20-21H,4-5,8-17,19H2,1-3H3. The topological polar surface area (TPSA) is 45.3 Å². The molecule has 3 rings (SSSR count). The van der Waals surface area contributed by atoms with Gasteiger partial charge in [-0.3, -0.25) is 0 Å². The molecule has 2 amide bonds. The third kappa shape index (κ3) is 7.63. The average Bonchev–Trinajstić information content (AvgIpc) is 3.23. The van der Waals surface area contributed by atoms with Crippen LogP contribution < -0.4 is 4.74 Å². The summed E-state index contributed by atoms with van der Waals surface area (Å²) >= 11 is 3.72. The fourth-order valence-electron chi connectivity index (χ4n) is 4.93. The highest BCUT2D eigenvalue weighted by molar-refractivity contribution is 9.10. The van der Waals surface area contributed by atoms with Crippen molar-refractivity contribution in [2.45, 2.75) is 38.5 Å². The molecule has 1 aromatic carbocycles. The summed E-state index contributed by atoms with van der Waals surface area (Å²) in [6.07, 6.45) is 7.23. The Kier molecular flexibility index (Phi) is 10.1. The summed E-state index contributed by atoms with van der Waals surface area (Å²) in [5.41, 5.74) is 1.34. The van der Waals surface area contributed by atoms with Crippen molar-refractivity contribution < 1.29 is 14.3 Å². The molecule has 0 saturated carbocycles. The van der Waals surface area contributed by atoms with Crippen LogP contribution in [0.15, 0.2) is 22.7 Å². The molecule has 0 aliphatic carbocycles. The molecule has 1 unspecified atom stereocenters. The Morgan fingerprint density at radius 2 is 1.88 bits per heavy atom. The van der Waals surface area contributed by atoms with Crippen LogP contribution in [0.4, 0.5) is 4.79 Å². The van der Waals surface area contributed by atoms with Crippen LogP contribution in [0.5, 0.6) is 5.75 Å². The number of urea groups is 1. The summed E-state index contributed by atoms with van der Waals surface area (Å²) < 4.78 is 12.0. The van der Waals surface area contributed by atoms with E-state index >= 15 is 0 Å². The number of rotatable bonds is 10. The minimum atomic E-state index is 0.158. The summed E-state index contributed by atoms with van der Waals surface area (Å²) in [4.78, 5) is 18.4. The van der Waals surface area contributed by atoms with Crippen LogP contribution in [0.25, 0.3) is 0 Å². The minimum Gasteiger partial charge on any atom is -0.491 e. The SMILES string of the molecule is COCCOc1ccc(Br)c(CC2CCN(CCCC3CCN(C(=O)N(C)C)CC3)C2)c1. The highest BCUT2D eigenvalue weighted by atomic mass is 79.9. The van der Waals surface area contributed by atoms with Gasteiger partial charge in [0.15, 0.2) is 0 Å². The summed E-state index contributed by atoms with van der Waals surface area (Å²) in [5.74, 6) is 2.41. The van der Waals surface area contributed by atoms with Gasteiger partial charge < -0.3 is 24.2 Å². The summed E-state index contributed by atoms with van der Waals surface area (Å²) in [7, 11) is 5.37. The molecule has 0 bridgehead atoms. The molecule has 6 nitrogen and oxygen atoms in total. The van der Waals surface area contributed by atoms with E-state index in [2.05, 4.69) is 33.0 Å². The van der Waals surface area contributed by atoms with Gasteiger partial charge in [0.2, 0.25) is 0 Å². The van der Waals surface area contributed by atoms with Crippen molar-refractivity contribution in [1.29, 1.82) is 0 Å². The number of ether oxygens (including phenoxy) is 2. The maximum absolute atomic E-state index is 12.1. The first kappa shape index (κ1) is 25.3. The normalized spacial score (nSPS) is 20.0. The lowest BCUT2D eigenvalue weighted by Gasteiger charge is -2.33. The first-order chi connectivity index (χ1) is 15.5. The zero-order valence-electron chi connectivity index (χ0n) is 20.0. The van der Waals surface area contributed by atoms with Crippen molar-refractivity contribution in [2.75, 3.05) is 67.1 Å². The van der Waals surface area contributed by atoms with Gasteiger partial charge in [0.25, 0.3) is 0 Å². The van der Waals surface area contributed by atoms with Gasteiger partial charge in [-0.15, -0.1) is 0 Å². The summed E-state index contributed by atoms with van der Waals surface area (Å²) in [6.45, 7) is 6.62. The van der Waals surface area contributed by atoms with Gasteiger partial charge in [0, 0.05) is 45.3 Å². The van der Waals surface area contributed by atoms with Crippen LogP contribution in [0.2, 0.25) is 0 Å². The van der Waals surface area contributed by atoms with E-state index < -0.39 is 0 Å². The Bertz CT molecular complexity index is 722. The van der Waals surface area contributed by atoms with Gasteiger partial charge >= 0.3 is 6.03 Å². The second kappa shape index (κ2) is 12.8. The Morgan fingerprint density at radius 1 is 1.12 bits per heavy atom. The molecule has 0 aromatic heterocycles. The zero-order chi connectivity index (χ0) is 22.9. The van der Waals surface area contributed by atoms with E-state index in [0.29, 0.717) is 19.1 Å². The quantitative estimate of drug-likeness (QED) is 0.435. The number of halogens is 1. The lowest BCUT2D eigenvalue weighted by Crippen LogP contribution is -2.43. The molecule has 2 saturated heterocycles. The van der Waals surface area contributed by atoms with Crippen molar-refractivity contribution in [1.82, 2.24) is 14.7 Å².